The van der Waals surface area contributed by atoms with E-state index in [0.717, 1.165) is 6.07 Å². The molecule has 0 aliphatic carbocycles. The number of nitrogens with one attached hydrogen (secondary N) is 1. The van der Waals surface area contributed by atoms with Gasteiger partial charge >= 0.3 is 0 Å². The third-order valence-corrected chi connectivity index (χ3v) is 5.02. The predicted molar refractivity (Wildman–Crippen MR) is 104 cm³/mol. The van der Waals surface area contributed by atoms with Gasteiger partial charge in [0.2, 0.25) is 11.5 Å². The number of carbonyl (C=O) groups is 3. The molecular formula is C20H19ClFN3O4. The summed E-state index contributed by atoms with van der Waals surface area (Å²) in [5, 5.41) is 13.6. The highest BCUT2D eigenvalue weighted by atomic mass is 35.5. The Morgan fingerprint density at radius 1 is 1.28 bits per heavy atom. The van der Waals surface area contributed by atoms with Crippen molar-refractivity contribution >= 4 is 35.0 Å². The molecule has 2 aromatic rings. The molecule has 4 N–H and O–H groups in total. The molecule has 2 aromatic carbocycles. The second kappa shape index (κ2) is 8.18. The number of anilines is 1. The molecule has 0 spiro atoms. The Kier molecular flexibility index (Phi) is 5.86. The fraction of sp³-hybridized carbons (Fsp3) is 0.250. The molecule has 0 radical (unpaired) electrons. The van der Waals surface area contributed by atoms with Crippen molar-refractivity contribution in [3.05, 3.63) is 64.9 Å². The number of primary amides is 1. The van der Waals surface area contributed by atoms with Crippen LogP contribution in [-0.2, 0) is 20.9 Å². The molecule has 3 amide bonds. The van der Waals surface area contributed by atoms with Gasteiger partial charge in [0.05, 0.1) is 0 Å². The van der Waals surface area contributed by atoms with Crippen LogP contribution < -0.4 is 16.0 Å². The van der Waals surface area contributed by atoms with Crippen LogP contribution in [0, 0.1) is 11.7 Å². The molecule has 0 saturated carbocycles. The molecule has 1 fully saturated rings. The minimum absolute atomic E-state index is 0.0541. The van der Waals surface area contributed by atoms with Crippen molar-refractivity contribution in [2.75, 3.05) is 11.4 Å². The number of hydrogen-bond acceptors (Lipinski definition) is 4. The van der Waals surface area contributed by atoms with Crippen molar-refractivity contribution in [3.63, 3.8) is 0 Å². The maximum atomic E-state index is 13.5. The Labute approximate surface area is 171 Å². The van der Waals surface area contributed by atoms with E-state index in [2.05, 4.69) is 5.32 Å². The van der Waals surface area contributed by atoms with E-state index in [-0.39, 0.29) is 24.5 Å². The summed E-state index contributed by atoms with van der Waals surface area (Å²) in [7, 11) is 0. The summed E-state index contributed by atoms with van der Waals surface area (Å²) in [5.41, 5.74) is 3.60. The number of hydrogen-bond donors (Lipinski definition) is 3. The fourth-order valence-corrected chi connectivity index (χ4v) is 3.66. The first kappa shape index (κ1) is 20.8. The zero-order chi connectivity index (χ0) is 21.2. The van der Waals surface area contributed by atoms with Gasteiger partial charge < -0.3 is 21.1 Å². The van der Waals surface area contributed by atoms with E-state index in [1.54, 1.807) is 30.3 Å². The van der Waals surface area contributed by atoms with Crippen LogP contribution >= 0.6 is 11.6 Å². The van der Waals surface area contributed by atoms with Crippen LogP contribution in [0.2, 0.25) is 5.02 Å². The molecule has 3 rings (SSSR count). The molecule has 29 heavy (non-hydrogen) atoms. The highest BCUT2D eigenvalue weighted by Crippen LogP contribution is 2.35. The third-order valence-electron chi connectivity index (χ3n) is 4.80. The highest BCUT2D eigenvalue weighted by molar-refractivity contribution is 6.30. The third kappa shape index (κ3) is 4.23. The normalized spacial score (nSPS) is 21.3. The van der Waals surface area contributed by atoms with Crippen LogP contribution in [-0.4, -0.2) is 35.0 Å². The second-order valence-corrected chi connectivity index (χ2v) is 7.28. The van der Waals surface area contributed by atoms with Gasteiger partial charge in [-0.1, -0.05) is 29.8 Å². The van der Waals surface area contributed by atoms with E-state index in [1.807, 2.05) is 0 Å². The lowest BCUT2D eigenvalue weighted by molar-refractivity contribution is -0.154. The first-order valence-electron chi connectivity index (χ1n) is 8.82. The lowest BCUT2D eigenvalue weighted by Crippen LogP contribution is -2.56. The molecule has 0 aromatic heterocycles. The van der Waals surface area contributed by atoms with Gasteiger partial charge in [-0.25, -0.2) is 4.39 Å². The lowest BCUT2D eigenvalue weighted by Gasteiger charge is -2.25. The van der Waals surface area contributed by atoms with Gasteiger partial charge in [-0.05, 0) is 35.9 Å². The number of benzene rings is 2. The maximum absolute atomic E-state index is 13.5. The van der Waals surface area contributed by atoms with Crippen LogP contribution in [0.15, 0.2) is 48.5 Å². The van der Waals surface area contributed by atoms with Crippen molar-refractivity contribution in [1.82, 2.24) is 5.32 Å². The number of amides is 3. The molecule has 1 heterocycles. The van der Waals surface area contributed by atoms with E-state index in [0.29, 0.717) is 11.3 Å². The number of carbonyl (C=O) groups excluding carboxylic acids is 3. The quantitative estimate of drug-likeness (QED) is 0.613. The van der Waals surface area contributed by atoms with Crippen molar-refractivity contribution in [3.8, 4) is 0 Å². The van der Waals surface area contributed by atoms with E-state index in [9.17, 15) is 23.9 Å². The average Bonchev–Trinajstić information content (AvgIpc) is 2.91. The summed E-state index contributed by atoms with van der Waals surface area (Å²) in [6.07, 6.45) is -0.356. The van der Waals surface area contributed by atoms with Gasteiger partial charge in [0.15, 0.2) is 0 Å². The predicted octanol–water partition coefficient (Wildman–Crippen LogP) is 1.36. The van der Waals surface area contributed by atoms with Gasteiger partial charge in [0.1, 0.15) is 5.82 Å². The summed E-state index contributed by atoms with van der Waals surface area (Å²) >= 11 is 5.80. The first-order chi connectivity index (χ1) is 13.7. The molecule has 2 atom stereocenters. The molecular weight excluding hydrogens is 401 g/mol. The molecule has 1 aliphatic rings. The maximum Gasteiger partial charge on any atom is 0.269 e. The zero-order valence-electron chi connectivity index (χ0n) is 15.3. The van der Waals surface area contributed by atoms with Crippen molar-refractivity contribution < 1.29 is 23.9 Å². The Morgan fingerprint density at radius 3 is 2.59 bits per heavy atom. The van der Waals surface area contributed by atoms with Crippen LogP contribution in [0.5, 0.6) is 0 Å². The minimum atomic E-state index is -2.48. The van der Waals surface area contributed by atoms with E-state index in [4.69, 9.17) is 17.3 Å². The van der Waals surface area contributed by atoms with Crippen LogP contribution in [0.25, 0.3) is 0 Å². The number of rotatable bonds is 6. The van der Waals surface area contributed by atoms with Gasteiger partial charge in [-0.15, -0.1) is 0 Å². The fourth-order valence-electron chi connectivity index (χ4n) is 3.41. The summed E-state index contributed by atoms with van der Waals surface area (Å²) in [5.74, 6) is -4.22. The first-order valence-corrected chi connectivity index (χ1v) is 9.20. The van der Waals surface area contributed by atoms with Gasteiger partial charge in [0, 0.05) is 36.1 Å². The SMILES string of the molecule is NC(=O)CC1CN(c2ccccc2)C(=O)C1(O)C(=O)NCc1cc(F)cc(Cl)c1. The largest absolute Gasteiger partial charge is 0.371 e. The van der Waals surface area contributed by atoms with E-state index >= 15 is 0 Å². The molecule has 152 valence electrons. The monoisotopic (exact) mass is 419 g/mol. The number of nitrogens with zero attached hydrogens (tertiary/aromatic N) is 1. The Balaban J connectivity index is 1.85. The summed E-state index contributed by atoms with van der Waals surface area (Å²) in [4.78, 5) is 38.5. The topological polar surface area (TPSA) is 113 Å². The van der Waals surface area contributed by atoms with Crippen molar-refractivity contribution in [2.45, 2.75) is 18.6 Å². The van der Waals surface area contributed by atoms with Crippen LogP contribution in [0.1, 0.15) is 12.0 Å². The number of aliphatic hydroxyl groups is 1. The molecule has 2 unspecified atom stereocenters. The van der Waals surface area contributed by atoms with Crippen molar-refractivity contribution in [2.24, 2.45) is 11.7 Å². The number of nitrogens with two attached hydrogens (primary N) is 1. The van der Waals surface area contributed by atoms with Gasteiger partial charge in [-0.2, -0.15) is 0 Å². The van der Waals surface area contributed by atoms with E-state index < -0.39 is 35.1 Å². The van der Waals surface area contributed by atoms with Gasteiger partial charge in [0.25, 0.3) is 11.8 Å². The molecule has 1 saturated heterocycles. The van der Waals surface area contributed by atoms with Gasteiger partial charge in [-0.3, -0.25) is 14.4 Å². The molecule has 0 bridgehead atoms. The second-order valence-electron chi connectivity index (χ2n) is 6.85. The highest BCUT2D eigenvalue weighted by Gasteiger charge is 2.58. The van der Waals surface area contributed by atoms with Crippen LogP contribution in [0.4, 0.5) is 10.1 Å². The Morgan fingerprint density at radius 2 is 1.97 bits per heavy atom. The zero-order valence-corrected chi connectivity index (χ0v) is 16.0. The average molecular weight is 420 g/mol. The summed E-state index contributed by atoms with van der Waals surface area (Å²) < 4.78 is 13.5. The Bertz CT molecular complexity index is 936. The molecule has 1 aliphatic heterocycles. The minimum Gasteiger partial charge on any atom is -0.371 e. The number of para-hydroxylation sites is 1. The summed E-state index contributed by atoms with van der Waals surface area (Å²) in [6.45, 7) is -0.220. The smallest absolute Gasteiger partial charge is 0.269 e. The van der Waals surface area contributed by atoms with E-state index in [1.165, 1.54) is 17.0 Å². The number of halogens is 2. The molecule has 7 nitrogen and oxygen atoms in total. The summed E-state index contributed by atoms with van der Waals surface area (Å²) in [6, 6.07) is 12.2. The van der Waals surface area contributed by atoms with Crippen LogP contribution in [0.3, 0.4) is 0 Å². The molecule has 9 heteroatoms. The Hall–Kier alpha value is -2.97. The standard InChI is InChI=1S/C20H19ClFN3O4/c21-14-6-12(7-15(22)9-14)10-24-18(27)20(29)13(8-17(23)26)11-25(19(20)28)16-4-2-1-3-5-16/h1-7,9,13,29H,8,10-11H2,(H2,23,26)(H,24,27). The lowest BCUT2D eigenvalue weighted by atomic mass is 9.86. The van der Waals surface area contributed by atoms with Crippen molar-refractivity contribution in [1.29, 1.82) is 0 Å².